The Morgan fingerprint density at radius 3 is 2.77 bits per heavy atom. The van der Waals surface area contributed by atoms with Crippen molar-refractivity contribution in [2.45, 2.75) is 38.4 Å². The number of nitrogens with one attached hydrogen (secondary N) is 1. The molecule has 1 aliphatic heterocycles. The molecule has 5 nitrogen and oxygen atoms in total. The third kappa shape index (κ3) is 2.94. The zero-order valence-corrected chi connectivity index (χ0v) is 15.8. The first-order chi connectivity index (χ1) is 12.4. The molecule has 2 atom stereocenters. The Balaban J connectivity index is 1.88. The van der Waals surface area contributed by atoms with Crippen molar-refractivity contribution in [3.8, 4) is 0 Å². The van der Waals surface area contributed by atoms with Crippen molar-refractivity contribution in [3.05, 3.63) is 47.4 Å². The van der Waals surface area contributed by atoms with Gasteiger partial charge in [-0.1, -0.05) is 50.7 Å². The van der Waals surface area contributed by atoms with Crippen LogP contribution in [0.25, 0.3) is 0 Å². The van der Waals surface area contributed by atoms with Gasteiger partial charge in [0.25, 0.3) is 0 Å². The fourth-order valence-electron chi connectivity index (χ4n) is 3.79. The van der Waals surface area contributed by atoms with Crippen molar-refractivity contribution in [3.63, 3.8) is 0 Å². The maximum Gasteiger partial charge on any atom is 0.227 e. The molecule has 2 aromatic rings. The maximum atomic E-state index is 13.4. The highest BCUT2D eigenvalue weighted by atomic mass is 32.2. The quantitative estimate of drug-likeness (QED) is 0.824. The fraction of sp³-hybridized carbons (Fsp3) is 0.421. The van der Waals surface area contributed by atoms with Gasteiger partial charge in [0.1, 0.15) is 11.6 Å². The first-order valence-corrected chi connectivity index (χ1v) is 9.74. The molecule has 26 heavy (non-hydrogen) atoms. The average Bonchev–Trinajstić information content (AvgIpc) is 2.95. The molecule has 2 heterocycles. The summed E-state index contributed by atoms with van der Waals surface area (Å²) in [6, 6.07) is 6.00. The number of thioether (sulfide) groups is 1. The second kappa shape index (κ2) is 6.23. The molecule has 0 amide bonds. The number of rotatable bonds is 3. The van der Waals surface area contributed by atoms with Crippen molar-refractivity contribution >= 4 is 23.5 Å². The van der Waals surface area contributed by atoms with E-state index in [4.69, 9.17) is 0 Å². The van der Waals surface area contributed by atoms with E-state index < -0.39 is 0 Å². The van der Waals surface area contributed by atoms with Crippen molar-refractivity contribution < 1.29 is 9.18 Å². The van der Waals surface area contributed by atoms with Gasteiger partial charge in [-0.2, -0.15) is 4.98 Å². The summed E-state index contributed by atoms with van der Waals surface area (Å²) in [5, 5.41) is 8.61. The highest BCUT2D eigenvalue weighted by molar-refractivity contribution is 7.99. The lowest BCUT2D eigenvalue weighted by atomic mass is 9.72. The Morgan fingerprint density at radius 2 is 2.08 bits per heavy atom. The van der Waals surface area contributed by atoms with Crippen LogP contribution in [0.5, 0.6) is 0 Å². The van der Waals surface area contributed by atoms with Crippen LogP contribution in [0, 0.1) is 17.2 Å². The van der Waals surface area contributed by atoms with Gasteiger partial charge in [0.2, 0.25) is 11.1 Å². The minimum atomic E-state index is -0.359. The molecule has 1 N–H and O–H groups in total. The largest absolute Gasteiger partial charge is 0.328 e. The van der Waals surface area contributed by atoms with Crippen molar-refractivity contribution in [1.82, 2.24) is 14.8 Å². The van der Waals surface area contributed by atoms with Crippen LogP contribution < -0.4 is 5.32 Å². The molecular weight excluding hydrogens is 351 g/mol. The van der Waals surface area contributed by atoms with Crippen LogP contribution in [0.4, 0.5) is 10.3 Å². The van der Waals surface area contributed by atoms with Crippen LogP contribution in [0.2, 0.25) is 0 Å². The van der Waals surface area contributed by atoms with E-state index in [1.807, 2.05) is 6.92 Å². The van der Waals surface area contributed by atoms with Gasteiger partial charge >= 0.3 is 0 Å². The van der Waals surface area contributed by atoms with Crippen LogP contribution in [-0.4, -0.2) is 26.3 Å². The third-order valence-electron chi connectivity index (χ3n) is 4.79. The number of anilines is 1. The number of nitrogens with zero attached hydrogens (tertiary/aromatic N) is 3. The second-order valence-electron chi connectivity index (χ2n) is 7.43. The molecule has 0 saturated carbocycles. The molecule has 0 bridgehead atoms. The van der Waals surface area contributed by atoms with Crippen molar-refractivity contribution in [2.75, 3.05) is 11.1 Å². The molecular formula is C19H21FN4OS. The summed E-state index contributed by atoms with van der Waals surface area (Å²) in [6.07, 6.45) is 2.60. The number of allylic oxidation sites excluding steroid dienone is 2. The predicted octanol–water partition coefficient (Wildman–Crippen LogP) is 4.04. The molecule has 136 valence electrons. The van der Waals surface area contributed by atoms with E-state index in [-0.39, 0.29) is 29.0 Å². The van der Waals surface area contributed by atoms with Gasteiger partial charge in [0.05, 0.1) is 12.0 Å². The van der Waals surface area contributed by atoms with Gasteiger partial charge in [0, 0.05) is 12.1 Å². The minimum absolute atomic E-state index is 0.167. The first-order valence-electron chi connectivity index (χ1n) is 8.75. The van der Waals surface area contributed by atoms with Gasteiger partial charge in [0.15, 0.2) is 0 Å². The molecule has 1 aromatic heterocycles. The monoisotopic (exact) mass is 372 g/mol. The molecule has 7 heteroatoms. The van der Waals surface area contributed by atoms with E-state index in [0.717, 1.165) is 17.0 Å². The molecule has 1 aliphatic carbocycles. The van der Waals surface area contributed by atoms with E-state index in [2.05, 4.69) is 35.3 Å². The molecule has 0 spiro atoms. The third-order valence-corrected chi connectivity index (χ3v) is 5.51. The number of hydrogen-bond donors (Lipinski definition) is 1. The van der Waals surface area contributed by atoms with E-state index in [1.165, 1.54) is 12.1 Å². The van der Waals surface area contributed by atoms with Crippen molar-refractivity contribution in [2.24, 2.45) is 11.3 Å². The van der Waals surface area contributed by atoms with Crippen LogP contribution in [0.15, 0.2) is 41.2 Å². The highest BCUT2D eigenvalue weighted by Gasteiger charge is 2.45. The first kappa shape index (κ1) is 17.3. The van der Waals surface area contributed by atoms with Crippen LogP contribution in [0.3, 0.4) is 0 Å². The summed E-state index contributed by atoms with van der Waals surface area (Å²) in [4.78, 5) is 17.6. The van der Waals surface area contributed by atoms with Gasteiger partial charge in [-0.15, -0.1) is 5.10 Å². The standard InChI is InChI=1S/C19H21FN4OS/c1-4-26-18-22-17-21-13-9-19(2,3)10-14(25)15(13)16(24(17)23-18)11-5-7-12(20)8-6-11/h5-9,15-16H,4,10H2,1-3H3,(H,21,22,23)/t15-,16-/m1/s1. The lowest BCUT2D eigenvalue weighted by Crippen LogP contribution is -2.42. The van der Waals surface area contributed by atoms with Gasteiger partial charge in [-0.25, -0.2) is 9.07 Å². The lowest BCUT2D eigenvalue weighted by molar-refractivity contribution is -0.125. The number of benzene rings is 1. The van der Waals surface area contributed by atoms with Gasteiger partial charge in [-0.3, -0.25) is 4.79 Å². The summed E-state index contributed by atoms with van der Waals surface area (Å²) in [7, 11) is 0. The summed E-state index contributed by atoms with van der Waals surface area (Å²) in [5.41, 5.74) is 1.52. The zero-order chi connectivity index (χ0) is 18.5. The Hall–Kier alpha value is -2.15. The number of carbonyl (C=O) groups is 1. The molecule has 0 radical (unpaired) electrons. The second-order valence-corrected chi connectivity index (χ2v) is 8.66. The van der Waals surface area contributed by atoms with E-state index in [9.17, 15) is 9.18 Å². The molecule has 4 rings (SSSR count). The molecule has 0 unspecified atom stereocenters. The summed E-state index contributed by atoms with van der Waals surface area (Å²) >= 11 is 1.55. The van der Waals surface area contributed by atoms with Crippen LogP contribution in [-0.2, 0) is 4.79 Å². The van der Waals surface area contributed by atoms with Gasteiger partial charge < -0.3 is 5.32 Å². The predicted molar refractivity (Wildman–Crippen MR) is 99.6 cm³/mol. The summed E-state index contributed by atoms with van der Waals surface area (Å²) < 4.78 is 15.2. The highest BCUT2D eigenvalue weighted by Crippen LogP contribution is 2.45. The summed E-state index contributed by atoms with van der Waals surface area (Å²) in [6.45, 7) is 6.16. The number of aromatic nitrogens is 3. The minimum Gasteiger partial charge on any atom is -0.328 e. The molecule has 1 aromatic carbocycles. The van der Waals surface area contributed by atoms with E-state index in [1.54, 1.807) is 28.6 Å². The number of halogens is 1. The fourth-order valence-corrected chi connectivity index (χ4v) is 4.35. The zero-order valence-electron chi connectivity index (χ0n) is 15.0. The number of carbonyl (C=O) groups excluding carboxylic acids is 1. The maximum absolute atomic E-state index is 13.4. The number of fused-ring (bicyclic) bond motifs is 2. The molecule has 2 aliphatic rings. The smallest absolute Gasteiger partial charge is 0.227 e. The Bertz CT molecular complexity index is 887. The number of ketones is 1. The number of hydrogen-bond acceptors (Lipinski definition) is 5. The van der Waals surface area contributed by atoms with Crippen LogP contribution in [0.1, 0.15) is 38.8 Å². The summed E-state index contributed by atoms with van der Waals surface area (Å²) in [5.74, 6) is 1.00. The SMILES string of the molecule is CCSc1nc2n(n1)[C@H](c1ccc(F)cc1)[C@H]1C(=O)CC(C)(C)C=C1N2. The van der Waals surface area contributed by atoms with E-state index in [0.29, 0.717) is 17.5 Å². The topological polar surface area (TPSA) is 59.8 Å². The Morgan fingerprint density at radius 1 is 1.35 bits per heavy atom. The van der Waals surface area contributed by atoms with E-state index >= 15 is 0 Å². The van der Waals surface area contributed by atoms with Crippen LogP contribution >= 0.6 is 11.8 Å². The normalized spacial score (nSPS) is 23.7. The molecule has 0 saturated heterocycles. The average molecular weight is 372 g/mol. The number of Topliss-reactive ketones (excluding diaryl/α,β-unsaturated/α-hetero) is 1. The van der Waals surface area contributed by atoms with Gasteiger partial charge in [-0.05, 0) is 28.9 Å². The van der Waals surface area contributed by atoms with Crippen molar-refractivity contribution in [1.29, 1.82) is 0 Å². The lowest BCUT2D eigenvalue weighted by Gasteiger charge is -2.40. The molecule has 0 fully saturated rings. The Labute approximate surface area is 156 Å². The Kier molecular flexibility index (Phi) is 4.14.